The van der Waals surface area contributed by atoms with Gasteiger partial charge in [0.05, 0.1) is 0 Å². The van der Waals surface area contributed by atoms with Crippen LogP contribution in [-0.2, 0) is 14.4 Å². The van der Waals surface area contributed by atoms with E-state index >= 15 is 0 Å². The summed E-state index contributed by atoms with van der Waals surface area (Å²) in [5, 5.41) is 14.1. The van der Waals surface area contributed by atoms with E-state index in [0.29, 0.717) is 17.9 Å². The van der Waals surface area contributed by atoms with Gasteiger partial charge in [0, 0.05) is 18.2 Å². The Balaban J connectivity index is 2.75. The van der Waals surface area contributed by atoms with Gasteiger partial charge in [-0.15, -0.1) is 0 Å². The Morgan fingerprint density at radius 3 is 2.40 bits per heavy atom. The average Bonchev–Trinajstić information content (AvgIpc) is 2.50. The zero-order valence-electron chi connectivity index (χ0n) is 15.0. The van der Waals surface area contributed by atoms with Crippen molar-refractivity contribution >= 4 is 23.5 Å². The molecule has 0 heterocycles. The molecule has 0 spiro atoms. The minimum atomic E-state index is -1.08. The van der Waals surface area contributed by atoms with Gasteiger partial charge in [0.15, 0.2) is 6.61 Å². The lowest BCUT2D eigenvalue weighted by Crippen LogP contribution is -2.47. The van der Waals surface area contributed by atoms with Crippen LogP contribution in [0.4, 0.5) is 5.69 Å². The third kappa shape index (κ3) is 7.69. The average molecular weight is 350 g/mol. The number of carboxylic acid groups (broad SMARTS) is 1. The van der Waals surface area contributed by atoms with E-state index < -0.39 is 18.6 Å². The zero-order chi connectivity index (χ0) is 19.0. The first kappa shape index (κ1) is 20.5. The number of aliphatic carboxylic acids is 1. The first-order valence-electron chi connectivity index (χ1n) is 8.24. The summed E-state index contributed by atoms with van der Waals surface area (Å²) in [5.41, 5.74) is 0.469. The molecule has 0 radical (unpaired) electrons. The summed E-state index contributed by atoms with van der Waals surface area (Å²) < 4.78 is 5.09. The molecule has 1 aromatic rings. The number of ether oxygens (including phenoxy) is 1. The zero-order valence-corrected chi connectivity index (χ0v) is 15.0. The normalized spacial score (nSPS) is 11.9. The molecular formula is C18H26N2O5. The van der Waals surface area contributed by atoms with Crippen LogP contribution in [0.2, 0.25) is 0 Å². The largest absolute Gasteiger partial charge is 0.482 e. The van der Waals surface area contributed by atoms with E-state index in [9.17, 15) is 14.4 Å². The summed E-state index contributed by atoms with van der Waals surface area (Å²) in [6.45, 7) is 7.12. The molecule has 3 N–H and O–H groups in total. The van der Waals surface area contributed by atoms with Crippen LogP contribution in [0.5, 0.6) is 5.75 Å². The molecule has 1 rings (SSSR count). The highest BCUT2D eigenvalue weighted by Gasteiger charge is 2.24. The number of hydrogen-bond donors (Lipinski definition) is 3. The number of carbonyl (C=O) groups is 3. The molecule has 0 aliphatic heterocycles. The van der Waals surface area contributed by atoms with Crippen LogP contribution in [0.3, 0.4) is 0 Å². The first-order valence-corrected chi connectivity index (χ1v) is 8.24. The van der Waals surface area contributed by atoms with Gasteiger partial charge in [-0.1, -0.05) is 33.8 Å². The molecule has 7 heteroatoms. The third-order valence-corrected chi connectivity index (χ3v) is 3.32. The van der Waals surface area contributed by atoms with E-state index in [0.717, 1.165) is 0 Å². The quantitative estimate of drug-likeness (QED) is 0.634. The number of hydrogen-bond acceptors (Lipinski definition) is 4. The molecule has 0 fully saturated rings. The van der Waals surface area contributed by atoms with E-state index in [4.69, 9.17) is 9.84 Å². The SMILES string of the molecule is CC(C)CC(=O)NC(C(=O)Nc1cccc(OCC(=O)O)c1)C(C)C. The maximum Gasteiger partial charge on any atom is 0.341 e. The minimum Gasteiger partial charge on any atom is -0.482 e. The van der Waals surface area contributed by atoms with Gasteiger partial charge in [-0.05, 0) is 24.0 Å². The number of carbonyl (C=O) groups excluding carboxylic acids is 2. The van der Waals surface area contributed by atoms with Crippen molar-refractivity contribution in [2.75, 3.05) is 11.9 Å². The summed E-state index contributed by atoms with van der Waals surface area (Å²) in [6.07, 6.45) is 0.356. The smallest absolute Gasteiger partial charge is 0.341 e. The van der Waals surface area contributed by atoms with Crippen LogP contribution in [0.15, 0.2) is 24.3 Å². The van der Waals surface area contributed by atoms with Gasteiger partial charge in [0.25, 0.3) is 0 Å². The number of carboxylic acids is 1. The number of anilines is 1. The fraction of sp³-hybridized carbons (Fsp3) is 0.500. The lowest BCUT2D eigenvalue weighted by Gasteiger charge is -2.22. The molecule has 2 amide bonds. The predicted octanol–water partition coefficient (Wildman–Crippen LogP) is 2.28. The van der Waals surface area contributed by atoms with E-state index in [1.807, 2.05) is 27.7 Å². The van der Waals surface area contributed by atoms with Crippen LogP contribution in [0.1, 0.15) is 34.1 Å². The number of amides is 2. The van der Waals surface area contributed by atoms with Gasteiger partial charge in [0.1, 0.15) is 11.8 Å². The molecule has 0 aliphatic rings. The maximum absolute atomic E-state index is 12.5. The first-order chi connectivity index (χ1) is 11.7. The molecular weight excluding hydrogens is 324 g/mol. The predicted molar refractivity (Wildman–Crippen MR) is 94.4 cm³/mol. The molecule has 0 aliphatic carbocycles. The van der Waals surface area contributed by atoms with Crippen molar-refractivity contribution in [2.45, 2.75) is 40.2 Å². The Hall–Kier alpha value is -2.57. The Kier molecular flexibility index (Phi) is 7.91. The van der Waals surface area contributed by atoms with E-state index in [1.54, 1.807) is 18.2 Å². The summed E-state index contributed by atoms with van der Waals surface area (Å²) >= 11 is 0. The van der Waals surface area contributed by atoms with Crippen LogP contribution < -0.4 is 15.4 Å². The number of rotatable bonds is 9. The van der Waals surface area contributed by atoms with E-state index in [-0.39, 0.29) is 23.7 Å². The van der Waals surface area contributed by atoms with E-state index in [1.165, 1.54) is 6.07 Å². The molecule has 0 bridgehead atoms. The van der Waals surface area contributed by atoms with Crippen molar-refractivity contribution in [3.63, 3.8) is 0 Å². The van der Waals surface area contributed by atoms with Gasteiger partial charge < -0.3 is 20.5 Å². The van der Waals surface area contributed by atoms with Gasteiger partial charge in [-0.25, -0.2) is 4.79 Å². The summed E-state index contributed by atoms with van der Waals surface area (Å²) in [7, 11) is 0. The van der Waals surface area contributed by atoms with Crippen molar-refractivity contribution < 1.29 is 24.2 Å². The van der Waals surface area contributed by atoms with Crippen molar-refractivity contribution in [3.05, 3.63) is 24.3 Å². The summed E-state index contributed by atoms with van der Waals surface area (Å²) in [5.74, 6) is -1.11. The molecule has 25 heavy (non-hydrogen) atoms. The highest BCUT2D eigenvalue weighted by Crippen LogP contribution is 2.18. The maximum atomic E-state index is 12.5. The molecule has 1 aromatic carbocycles. The molecule has 138 valence electrons. The van der Waals surface area contributed by atoms with Crippen LogP contribution >= 0.6 is 0 Å². The van der Waals surface area contributed by atoms with E-state index in [2.05, 4.69) is 10.6 Å². The second-order valence-corrected chi connectivity index (χ2v) is 6.59. The molecule has 1 unspecified atom stereocenters. The van der Waals surface area contributed by atoms with Crippen molar-refractivity contribution in [2.24, 2.45) is 11.8 Å². The highest BCUT2D eigenvalue weighted by atomic mass is 16.5. The molecule has 0 aromatic heterocycles. The Bertz CT molecular complexity index is 613. The fourth-order valence-electron chi connectivity index (χ4n) is 2.17. The lowest BCUT2D eigenvalue weighted by molar-refractivity contribution is -0.139. The van der Waals surface area contributed by atoms with Gasteiger partial charge in [-0.2, -0.15) is 0 Å². The topological polar surface area (TPSA) is 105 Å². The molecule has 1 atom stereocenters. The fourth-order valence-corrected chi connectivity index (χ4v) is 2.17. The highest BCUT2D eigenvalue weighted by molar-refractivity contribution is 5.97. The monoisotopic (exact) mass is 350 g/mol. The van der Waals surface area contributed by atoms with Gasteiger partial charge >= 0.3 is 5.97 Å². The molecule has 0 saturated heterocycles. The minimum absolute atomic E-state index is 0.0810. The summed E-state index contributed by atoms with van der Waals surface area (Å²) in [4.78, 5) is 35.0. The van der Waals surface area contributed by atoms with Crippen LogP contribution in [0.25, 0.3) is 0 Å². The Morgan fingerprint density at radius 1 is 1.16 bits per heavy atom. The van der Waals surface area contributed by atoms with Gasteiger partial charge in [0.2, 0.25) is 11.8 Å². The molecule has 7 nitrogen and oxygen atoms in total. The molecule has 0 saturated carbocycles. The number of nitrogens with one attached hydrogen (secondary N) is 2. The standard InChI is InChI=1S/C18H26N2O5/c1-11(2)8-15(21)20-17(12(3)4)18(24)19-13-6-5-7-14(9-13)25-10-16(22)23/h5-7,9,11-12,17H,8,10H2,1-4H3,(H,19,24)(H,20,21)(H,22,23). The van der Waals surface area contributed by atoms with Gasteiger partial charge in [-0.3, -0.25) is 9.59 Å². The van der Waals surface area contributed by atoms with Crippen molar-refractivity contribution in [3.8, 4) is 5.75 Å². The Morgan fingerprint density at radius 2 is 1.84 bits per heavy atom. The second-order valence-electron chi connectivity index (χ2n) is 6.59. The lowest BCUT2D eigenvalue weighted by atomic mass is 10.0. The van der Waals surface area contributed by atoms with Crippen molar-refractivity contribution in [1.29, 1.82) is 0 Å². The van der Waals surface area contributed by atoms with Crippen molar-refractivity contribution in [1.82, 2.24) is 5.32 Å². The number of benzene rings is 1. The van der Waals surface area contributed by atoms with Crippen LogP contribution in [-0.4, -0.2) is 35.5 Å². The second kappa shape index (κ2) is 9.66. The Labute approximate surface area is 147 Å². The van der Waals surface area contributed by atoms with Crippen LogP contribution in [0, 0.1) is 11.8 Å². The summed E-state index contributed by atoms with van der Waals surface area (Å²) in [6, 6.07) is 5.79. The third-order valence-electron chi connectivity index (χ3n) is 3.32.